The molecule has 108 valence electrons. The zero-order valence-electron chi connectivity index (χ0n) is 11.2. The zero-order valence-corrected chi connectivity index (χ0v) is 12.0. The number of carbonyl (C=O) groups excluding carboxylic acids is 1. The van der Waals surface area contributed by atoms with E-state index in [9.17, 15) is 9.59 Å². The van der Waals surface area contributed by atoms with Crippen molar-refractivity contribution < 1.29 is 14.7 Å². The van der Waals surface area contributed by atoms with Crippen LogP contribution in [0.15, 0.2) is 18.2 Å². The van der Waals surface area contributed by atoms with E-state index in [4.69, 9.17) is 16.7 Å². The van der Waals surface area contributed by atoms with Gasteiger partial charge in [0.2, 0.25) is 0 Å². The minimum absolute atomic E-state index is 0.0567. The lowest BCUT2D eigenvalue weighted by Gasteiger charge is -2.24. The Hall–Kier alpha value is -1.75. The number of nitrogens with one attached hydrogen (secondary N) is 1. The molecule has 2 rings (SSSR count). The molecule has 20 heavy (non-hydrogen) atoms. The number of carbonyl (C=O) groups is 2. The summed E-state index contributed by atoms with van der Waals surface area (Å²) in [7, 11) is 0. The molecule has 1 aliphatic rings. The quantitative estimate of drug-likeness (QED) is 0.897. The molecule has 1 unspecified atom stereocenters. The predicted molar refractivity (Wildman–Crippen MR) is 77.4 cm³/mol. The van der Waals surface area contributed by atoms with Crippen LogP contribution in [0, 0.1) is 0 Å². The van der Waals surface area contributed by atoms with E-state index in [1.54, 1.807) is 11.0 Å². The second-order valence-corrected chi connectivity index (χ2v) is 5.30. The lowest BCUT2D eigenvalue weighted by molar-refractivity contribution is 0.0697. The van der Waals surface area contributed by atoms with Gasteiger partial charge >= 0.3 is 12.0 Å². The molecule has 6 heteroatoms. The number of anilines is 1. The molecule has 0 aliphatic carbocycles. The largest absolute Gasteiger partial charge is 0.478 e. The summed E-state index contributed by atoms with van der Waals surface area (Å²) in [5.74, 6) is -1.07. The highest BCUT2D eigenvalue weighted by molar-refractivity contribution is 6.31. The number of hydrogen-bond acceptors (Lipinski definition) is 2. The number of amides is 2. The highest BCUT2D eigenvalue weighted by Crippen LogP contribution is 2.23. The lowest BCUT2D eigenvalue weighted by Crippen LogP contribution is -2.38. The van der Waals surface area contributed by atoms with E-state index < -0.39 is 5.97 Å². The molecule has 1 saturated heterocycles. The molecule has 2 N–H and O–H groups in total. The summed E-state index contributed by atoms with van der Waals surface area (Å²) in [6.07, 6.45) is 2.94. The van der Waals surface area contributed by atoms with E-state index in [-0.39, 0.29) is 22.7 Å². The third-order valence-corrected chi connectivity index (χ3v) is 3.72. The van der Waals surface area contributed by atoms with Gasteiger partial charge in [0.1, 0.15) is 0 Å². The van der Waals surface area contributed by atoms with Crippen LogP contribution in [0.2, 0.25) is 5.02 Å². The summed E-state index contributed by atoms with van der Waals surface area (Å²) in [5, 5.41) is 12.0. The Morgan fingerprint density at radius 2 is 2.20 bits per heavy atom. The first-order chi connectivity index (χ1) is 9.51. The van der Waals surface area contributed by atoms with Gasteiger partial charge in [0.25, 0.3) is 0 Å². The van der Waals surface area contributed by atoms with Crippen molar-refractivity contribution in [3.63, 3.8) is 0 Å². The molecule has 1 atom stereocenters. The molecular weight excluding hydrogens is 280 g/mol. The topological polar surface area (TPSA) is 69.6 Å². The van der Waals surface area contributed by atoms with E-state index in [2.05, 4.69) is 12.2 Å². The Labute approximate surface area is 122 Å². The number of halogens is 1. The molecule has 2 amide bonds. The van der Waals surface area contributed by atoms with Gasteiger partial charge in [-0.15, -0.1) is 0 Å². The number of aromatic carboxylic acids is 1. The van der Waals surface area contributed by atoms with Gasteiger partial charge in [0.15, 0.2) is 0 Å². The van der Waals surface area contributed by atoms with Crippen molar-refractivity contribution >= 4 is 29.3 Å². The maximum atomic E-state index is 12.2. The number of hydrogen-bond donors (Lipinski definition) is 2. The number of carboxylic acid groups (broad SMARTS) is 1. The van der Waals surface area contributed by atoms with E-state index >= 15 is 0 Å². The molecule has 1 aliphatic heterocycles. The summed E-state index contributed by atoms with van der Waals surface area (Å²) in [6.45, 7) is 2.79. The summed E-state index contributed by atoms with van der Waals surface area (Å²) < 4.78 is 0. The standard InChI is InChI=1S/C14H17ClN2O3/c1-2-12-4-3-5-17(12)14(20)16-11-7-9(13(18)19)6-10(15)8-11/h6-8,12H,2-5H2,1H3,(H,16,20)(H,18,19). The van der Waals surface area contributed by atoms with Gasteiger partial charge in [0, 0.05) is 23.3 Å². The van der Waals surface area contributed by atoms with E-state index in [1.165, 1.54) is 12.1 Å². The van der Waals surface area contributed by atoms with Crippen LogP contribution in [-0.4, -0.2) is 34.6 Å². The van der Waals surface area contributed by atoms with Crippen LogP contribution in [0.25, 0.3) is 0 Å². The lowest BCUT2D eigenvalue weighted by atomic mass is 10.2. The first kappa shape index (κ1) is 14.7. The summed E-state index contributed by atoms with van der Waals surface area (Å²) in [5.41, 5.74) is 0.461. The molecule has 0 spiro atoms. The van der Waals surface area contributed by atoms with Gasteiger partial charge < -0.3 is 15.3 Å². The maximum Gasteiger partial charge on any atom is 0.335 e. The van der Waals surface area contributed by atoms with Crippen LogP contribution in [0.5, 0.6) is 0 Å². The smallest absolute Gasteiger partial charge is 0.335 e. The Kier molecular flexibility index (Phi) is 4.49. The fourth-order valence-electron chi connectivity index (χ4n) is 2.51. The van der Waals surface area contributed by atoms with Crippen molar-refractivity contribution in [2.24, 2.45) is 0 Å². The van der Waals surface area contributed by atoms with Crippen LogP contribution >= 0.6 is 11.6 Å². The van der Waals surface area contributed by atoms with E-state index in [0.29, 0.717) is 5.69 Å². The van der Waals surface area contributed by atoms with Crippen LogP contribution in [-0.2, 0) is 0 Å². The van der Waals surface area contributed by atoms with Crippen molar-refractivity contribution in [1.29, 1.82) is 0 Å². The Morgan fingerprint density at radius 3 is 2.85 bits per heavy atom. The predicted octanol–water partition coefficient (Wildman–Crippen LogP) is 3.44. The number of likely N-dealkylation sites (tertiary alicyclic amines) is 1. The first-order valence-corrected chi connectivity index (χ1v) is 7.00. The van der Waals surface area contributed by atoms with Gasteiger partial charge in [-0.05, 0) is 37.5 Å². The molecule has 1 heterocycles. The van der Waals surface area contributed by atoms with E-state index in [1.807, 2.05) is 0 Å². The van der Waals surface area contributed by atoms with Crippen LogP contribution in [0.3, 0.4) is 0 Å². The molecule has 0 bridgehead atoms. The average Bonchev–Trinajstić information content (AvgIpc) is 2.86. The van der Waals surface area contributed by atoms with Crippen LogP contribution in [0.4, 0.5) is 10.5 Å². The molecule has 0 aromatic heterocycles. The molecular formula is C14H17ClN2O3. The summed E-state index contributed by atoms with van der Waals surface area (Å²) in [4.78, 5) is 25.0. The van der Waals surface area contributed by atoms with Gasteiger partial charge in [0.05, 0.1) is 5.56 Å². The van der Waals surface area contributed by atoms with Gasteiger partial charge in [-0.3, -0.25) is 0 Å². The van der Waals surface area contributed by atoms with E-state index in [0.717, 1.165) is 25.8 Å². The third-order valence-electron chi connectivity index (χ3n) is 3.51. The van der Waals surface area contributed by atoms with Crippen molar-refractivity contribution in [1.82, 2.24) is 4.90 Å². The van der Waals surface area contributed by atoms with Crippen LogP contribution < -0.4 is 5.32 Å². The molecule has 0 saturated carbocycles. The second kappa shape index (κ2) is 6.13. The Balaban J connectivity index is 2.13. The summed E-state index contributed by atoms with van der Waals surface area (Å²) in [6, 6.07) is 4.36. The molecule has 1 aromatic rings. The highest BCUT2D eigenvalue weighted by Gasteiger charge is 2.27. The fourth-order valence-corrected chi connectivity index (χ4v) is 2.74. The molecule has 5 nitrogen and oxygen atoms in total. The van der Waals surface area contributed by atoms with Crippen molar-refractivity contribution in [3.05, 3.63) is 28.8 Å². The van der Waals surface area contributed by atoms with Gasteiger partial charge in [-0.25, -0.2) is 9.59 Å². The summed E-state index contributed by atoms with van der Waals surface area (Å²) >= 11 is 5.86. The minimum Gasteiger partial charge on any atom is -0.478 e. The SMILES string of the molecule is CCC1CCCN1C(=O)Nc1cc(Cl)cc(C(=O)O)c1. The number of rotatable bonds is 3. The highest BCUT2D eigenvalue weighted by atomic mass is 35.5. The van der Waals surface area contributed by atoms with Gasteiger partial charge in [-0.2, -0.15) is 0 Å². The Morgan fingerprint density at radius 1 is 1.45 bits per heavy atom. The normalized spacial score (nSPS) is 18.1. The fraction of sp³-hybridized carbons (Fsp3) is 0.429. The monoisotopic (exact) mass is 296 g/mol. The van der Waals surface area contributed by atoms with Crippen LogP contribution in [0.1, 0.15) is 36.5 Å². The number of urea groups is 1. The second-order valence-electron chi connectivity index (χ2n) is 4.86. The maximum absolute atomic E-state index is 12.2. The third kappa shape index (κ3) is 3.22. The minimum atomic E-state index is -1.07. The molecule has 0 radical (unpaired) electrons. The van der Waals surface area contributed by atoms with Gasteiger partial charge in [-0.1, -0.05) is 18.5 Å². The zero-order chi connectivity index (χ0) is 14.7. The number of nitrogens with zero attached hydrogens (tertiary/aromatic N) is 1. The van der Waals surface area contributed by atoms with Crippen molar-refractivity contribution in [2.75, 3.05) is 11.9 Å². The molecule has 1 aromatic carbocycles. The van der Waals surface area contributed by atoms with Crippen molar-refractivity contribution in [2.45, 2.75) is 32.2 Å². The molecule has 1 fully saturated rings. The number of carboxylic acids is 1. The first-order valence-electron chi connectivity index (χ1n) is 6.62. The Bertz CT molecular complexity index is 533. The average molecular weight is 297 g/mol. The number of benzene rings is 1. The van der Waals surface area contributed by atoms with Crippen molar-refractivity contribution in [3.8, 4) is 0 Å².